The van der Waals surface area contributed by atoms with Crippen LogP contribution in [0.4, 0.5) is 0 Å². The molecule has 1 heterocycles. The van der Waals surface area contributed by atoms with Crippen LogP contribution in [0.25, 0.3) is 0 Å². The molecular formula is C23H32INO3. The van der Waals surface area contributed by atoms with E-state index in [9.17, 15) is 0 Å². The first kappa shape index (κ1) is 23.0. The van der Waals surface area contributed by atoms with E-state index in [4.69, 9.17) is 14.2 Å². The van der Waals surface area contributed by atoms with E-state index in [1.807, 2.05) is 0 Å². The van der Waals surface area contributed by atoms with Gasteiger partial charge in [-0.2, -0.15) is 0 Å². The first-order chi connectivity index (χ1) is 12.9. The van der Waals surface area contributed by atoms with Crippen molar-refractivity contribution in [3.8, 4) is 11.5 Å². The van der Waals surface area contributed by atoms with Crippen LogP contribution in [0.3, 0.4) is 0 Å². The maximum atomic E-state index is 6.21. The molecule has 0 aliphatic carbocycles. The molecule has 28 heavy (non-hydrogen) atoms. The van der Waals surface area contributed by atoms with E-state index < -0.39 is 0 Å². The van der Waals surface area contributed by atoms with E-state index in [0.29, 0.717) is 12.5 Å². The minimum absolute atomic E-state index is 0. The Morgan fingerprint density at radius 2 is 1.71 bits per heavy atom. The topological polar surface area (TPSA) is 30.9 Å². The first-order valence-corrected chi connectivity index (χ1v) is 9.51. The molecule has 154 valence electrons. The molecule has 0 radical (unpaired) electrons. The van der Waals surface area contributed by atoms with E-state index >= 15 is 0 Å². The summed E-state index contributed by atoms with van der Waals surface area (Å²) in [6.07, 6.45) is 0.872. The Bertz CT molecular complexity index is 779. The van der Waals surface area contributed by atoms with E-state index in [2.05, 4.69) is 75.2 Å². The van der Waals surface area contributed by atoms with E-state index in [0.717, 1.165) is 23.5 Å². The number of nitrogens with zero attached hydrogens (tertiary/aromatic N) is 1. The Balaban J connectivity index is 0.00000280. The highest BCUT2D eigenvalue weighted by atomic mass is 127. The molecule has 1 fully saturated rings. The summed E-state index contributed by atoms with van der Waals surface area (Å²) in [6, 6.07) is 14.8. The van der Waals surface area contributed by atoms with Gasteiger partial charge in [-0.1, -0.05) is 37.3 Å². The minimum atomic E-state index is -0.0898. The van der Waals surface area contributed by atoms with Crippen molar-refractivity contribution in [1.82, 2.24) is 4.90 Å². The zero-order valence-corrected chi connectivity index (χ0v) is 20.0. The van der Waals surface area contributed by atoms with Crippen LogP contribution in [0.1, 0.15) is 49.6 Å². The maximum Gasteiger partial charge on any atom is 0.161 e. The summed E-state index contributed by atoms with van der Waals surface area (Å²) in [5, 5.41) is 0. The Morgan fingerprint density at radius 1 is 1.11 bits per heavy atom. The lowest BCUT2D eigenvalue weighted by molar-refractivity contribution is 0.0387. The molecule has 0 amide bonds. The summed E-state index contributed by atoms with van der Waals surface area (Å²) in [5.41, 5.74) is 3.72. The molecule has 2 aromatic carbocycles. The van der Waals surface area contributed by atoms with Crippen molar-refractivity contribution in [2.24, 2.45) is 0 Å². The molecule has 0 N–H and O–H groups in total. The summed E-state index contributed by atoms with van der Waals surface area (Å²) in [6.45, 7) is 7.38. The number of hydrogen-bond donors (Lipinski definition) is 0. The van der Waals surface area contributed by atoms with Crippen molar-refractivity contribution < 1.29 is 14.2 Å². The molecule has 4 nitrogen and oxygen atoms in total. The van der Waals surface area contributed by atoms with Crippen molar-refractivity contribution in [2.75, 3.05) is 27.9 Å². The fourth-order valence-corrected chi connectivity index (χ4v) is 3.74. The van der Waals surface area contributed by atoms with Crippen molar-refractivity contribution in [1.29, 1.82) is 0 Å². The van der Waals surface area contributed by atoms with Crippen LogP contribution in [-0.2, 0) is 11.2 Å². The van der Waals surface area contributed by atoms with Gasteiger partial charge in [-0.25, -0.2) is 0 Å². The summed E-state index contributed by atoms with van der Waals surface area (Å²) >= 11 is 0. The van der Waals surface area contributed by atoms with Crippen LogP contribution in [0, 0.1) is 0 Å². The third kappa shape index (κ3) is 4.63. The molecule has 2 unspecified atom stereocenters. The van der Waals surface area contributed by atoms with E-state index in [1.165, 1.54) is 11.1 Å². The lowest BCUT2D eigenvalue weighted by Gasteiger charge is -2.31. The third-order valence-corrected chi connectivity index (χ3v) is 5.67. The molecule has 1 aliphatic heterocycles. The van der Waals surface area contributed by atoms with Gasteiger partial charge in [-0.05, 0) is 56.5 Å². The quantitative estimate of drug-likeness (QED) is 0.500. The molecule has 1 aliphatic rings. The van der Waals surface area contributed by atoms with Crippen molar-refractivity contribution in [2.45, 2.75) is 44.9 Å². The predicted octanol–water partition coefficient (Wildman–Crippen LogP) is 5.41. The highest BCUT2D eigenvalue weighted by Gasteiger charge is 2.40. The summed E-state index contributed by atoms with van der Waals surface area (Å²) in [4.78, 5) is 2.30. The van der Waals surface area contributed by atoms with Crippen molar-refractivity contribution >= 4 is 24.0 Å². The van der Waals surface area contributed by atoms with Gasteiger partial charge in [-0.3, -0.25) is 4.90 Å². The van der Waals surface area contributed by atoms with Crippen LogP contribution in [0.15, 0.2) is 42.5 Å². The number of benzene rings is 2. The highest BCUT2D eigenvalue weighted by molar-refractivity contribution is 14.0. The van der Waals surface area contributed by atoms with Gasteiger partial charge in [0, 0.05) is 11.1 Å². The van der Waals surface area contributed by atoms with Gasteiger partial charge in [0.15, 0.2) is 11.5 Å². The van der Waals surface area contributed by atoms with Gasteiger partial charge in [0.05, 0.1) is 20.8 Å². The van der Waals surface area contributed by atoms with Crippen molar-refractivity contribution in [3.05, 3.63) is 59.2 Å². The highest BCUT2D eigenvalue weighted by Crippen LogP contribution is 2.43. The Hall–Kier alpha value is -1.31. The van der Waals surface area contributed by atoms with Crippen LogP contribution >= 0.6 is 24.0 Å². The second kappa shape index (κ2) is 9.46. The van der Waals surface area contributed by atoms with Crippen molar-refractivity contribution in [3.63, 3.8) is 0 Å². The minimum Gasteiger partial charge on any atom is -0.493 e. The predicted molar refractivity (Wildman–Crippen MR) is 124 cm³/mol. The Labute approximate surface area is 186 Å². The number of ether oxygens (including phenoxy) is 3. The first-order valence-electron chi connectivity index (χ1n) is 9.51. The number of halogens is 1. The second-order valence-electron chi connectivity index (χ2n) is 8.01. The van der Waals surface area contributed by atoms with Gasteiger partial charge in [0.25, 0.3) is 0 Å². The largest absolute Gasteiger partial charge is 0.493 e. The Morgan fingerprint density at radius 3 is 2.25 bits per heavy atom. The molecule has 2 atom stereocenters. The monoisotopic (exact) mass is 497 g/mol. The van der Waals surface area contributed by atoms with Gasteiger partial charge < -0.3 is 14.2 Å². The van der Waals surface area contributed by atoms with Gasteiger partial charge in [0.2, 0.25) is 0 Å². The smallest absolute Gasteiger partial charge is 0.161 e. The zero-order chi connectivity index (χ0) is 19.6. The average Bonchev–Trinajstić information content (AvgIpc) is 2.94. The molecule has 0 aromatic heterocycles. The van der Waals surface area contributed by atoms with Crippen LogP contribution < -0.4 is 9.47 Å². The van der Waals surface area contributed by atoms with Crippen LogP contribution in [0.2, 0.25) is 0 Å². The second-order valence-corrected chi connectivity index (χ2v) is 8.01. The standard InChI is InChI=1S/C23H31NO3.HI/c1-16(12-17-10-8-7-9-11-17)18-13-20(25-5)21(26-6)14-19(18)22-24(4)23(2,3)15-27-22;/h7-11,13-14,16,22H,12,15H2,1-6H3;1H. The van der Waals surface area contributed by atoms with E-state index in [1.54, 1.807) is 14.2 Å². The third-order valence-electron chi connectivity index (χ3n) is 5.67. The Kier molecular flexibility index (Phi) is 7.76. The van der Waals surface area contributed by atoms with Gasteiger partial charge >= 0.3 is 0 Å². The van der Waals surface area contributed by atoms with Gasteiger partial charge in [-0.15, -0.1) is 24.0 Å². The molecule has 5 heteroatoms. The lowest BCUT2D eigenvalue weighted by Crippen LogP contribution is -2.38. The van der Waals surface area contributed by atoms with E-state index in [-0.39, 0.29) is 35.7 Å². The fourth-order valence-electron chi connectivity index (χ4n) is 3.74. The number of hydrogen-bond acceptors (Lipinski definition) is 4. The fraction of sp³-hybridized carbons (Fsp3) is 0.478. The molecule has 0 bridgehead atoms. The zero-order valence-electron chi connectivity index (χ0n) is 17.7. The average molecular weight is 497 g/mol. The number of rotatable bonds is 6. The molecule has 3 rings (SSSR count). The normalized spacial score (nSPS) is 19.7. The SMILES string of the molecule is COc1cc(C(C)Cc2ccccc2)c(C2OCC(C)(C)N2C)cc1OC.I. The molecule has 2 aromatic rings. The van der Waals surface area contributed by atoms with Crippen LogP contribution in [-0.4, -0.2) is 38.3 Å². The summed E-state index contributed by atoms with van der Waals surface area (Å²) < 4.78 is 17.4. The summed E-state index contributed by atoms with van der Waals surface area (Å²) in [5.74, 6) is 1.82. The summed E-state index contributed by atoms with van der Waals surface area (Å²) in [7, 11) is 5.49. The van der Waals surface area contributed by atoms with Crippen LogP contribution in [0.5, 0.6) is 11.5 Å². The number of likely N-dealkylation sites (N-methyl/N-ethyl adjacent to an activating group) is 1. The molecule has 0 saturated carbocycles. The molecular weight excluding hydrogens is 465 g/mol. The lowest BCUT2D eigenvalue weighted by atomic mass is 9.88. The van der Waals surface area contributed by atoms with Gasteiger partial charge in [0.1, 0.15) is 6.23 Å². The maximum absolute atomic E-state index is 6.21. The molecule has 1 saturated heterocycles. The molecule has 0 spiro atoms. The number of methoxy groups -OCH3 is 2.